The van der Waals surface area contributed by atoms with Crippen LogP contribution >= 0.6 is 0 Å². The van der Waals surface area contributed by atoms with Crippen molar-refractivity contribution in [2.75, 3.05) is 4.90 Å². The molecule has 2 saturated heterocycles. The standard InChI is InChI=1S/C25H17N3O2/c26-14-20-21-22(23-18-10-4-2-7-16(18)12-13-27(20)23)25(30)28(24(21)29)19-11-5-8-15-6-1-3-9-17(15)19/h1-13,20-23H/t20-,21+,22+,23-/m1/s1. The Morgan fingerprint density at radius 1 is 0.833 bits per heavy atom. The number of anilines is 1. The van der Waals surface area contributed by atoms with Crippen LogP contribution in [0.3, 0.4) is 0 Å². The van der Waals surface area contributed by atoms with Crippen molar-refractivity contribution >= 4 is 34.4 Å². The van der Waals surface area contributed by atoms with Gasteiger partial charge >= 0.3 is 0 Å². The maximum atomic E-state index is 13.7. The van der Waals surface area contributed by atoms with Gasteiger partial charge in [0.2, 0.25) is 11.8 Å². The van der Waals surface area contributed by atoms with Gasteiger partial charge in [-0.1, -0.05) is 60.7 Å². The van der Waals surface area contributed by atoms with E-state index in [0.717, 1.165) is 21.9 Å². The number of rotatable bonds is 1. The smallest absolute Gasteiger partial charge is 0.240 e. The van der Waals surface area contributed by atoms with E-state index in [-0.39, 0.29) is 17.9 Å². The molecule has 2 fully saturated rings. The summed E-state index contributed by atoms with van der Waals surface area (Å²) < 4.78 is 0. The molecular formula is C25H17N3O2. The highest BCUT2D eigenvalue weighted by atomic mass is 16.2. The molecule has 0 saturated carbocycles. The summed E-state index contributed by atoms with van der Waals surface area (Å²) >= 11 is 0. The topological polar surface area (TPSA) is 64.4 Å². The van der Waals surface area contributed by atoms with Crippen LogP contribution in [0.4, 0.5) is 5.69 Å². The molecule has 0 unspecified atom stereocenters. The van der Waals surface area contributed by atoms with Crippen molar-refractivity contribution < 1.29 is 9.59 Å². The SMILES string of the molecule is N#C[C@@H]1[C@@H]2C(=O)N(c3cccc4ccccc34)C(=O)[C@@H]2[C@H]2c3ccccc3C=CN12. The molecule has 4 atom stereocenters. The van der Waals surface area contributed by atoms with Crippen LogP contribution < -0.4 is 4.90 Å². The Kier molecular flexibility index (Phi) is 3.42. The van der Waals surface area contributed by atoms with Crippen molar-refractivity contribution in [3.8, 4) is 6.07 Å². The fraction of sp³-hybridized carbons (Fsp3) is 0.160. The third kappa shape index (κ3) is 2.05. The Morgan fingerprint density at radius 3 is 2.43 bits per heavy atom. The Balaban J connectivity index is 1.52. The van der Waals surface area contributed by atoms with Crippen LogP contribution in [0.15, 0.2) is 72.9 Å². The number of fused-ring (bicyclic) bond motifs is 6. The van der Waals surface area contributed by atoms with Gasteiger partial charge in [-0.3, -0.25) is 9.59 Å². The third-order valence-electron chi connectivity index (χ3n) is 6.60. The summed E-state index contributed by atoms with van der Waals surface area (Å²) in [6.07, 6.45) is 3.82. The summed E-state index contributed by atoms with van der Waals surface area (Å²) in [4.78, 5) is 30.5. The van der Waals surface area contributed by atoms with E-state index in [0.29, 0.717) is 5.69 Å². The second-order valence-corrected chi connectivity index (χ2v) is 7.97. The zero-order valence-electron chi connectivity index (χ0n) is 16.0. The molecule has 3 aromatic carbocycles. The number of carbonyl (C=O) groups excluding carboxylic acids is 2. The van der Waals surface area contributed by atoms with Crippen LogP contribution in [0.1, 0.15) is 17.2 Å². The average Bonchev–Trinajstić information content (AvgIpc) is 3.26. The molecule has 0 spiro atoms. The molecular weight excluding hydrogens is 374 g/mol. The molecule has 0 aromatic heterocycles. The number of benzene rings is 3. The van der Waals surface area contributed by atoms with Crippen LogP contribution in [-0.4, -0.2) is 22.8 Å². The number of hydrogen-bond donors (Lipinski definition) is 0. The molecule has 30 heavy (non-hydrogen) atoms. The lowest BCUT2D eigenvalue weighted by atomic mass is 9.85. The van der Waals surface area contributed by atoms with E-state index < -0.39 is 17.9 Å². The van der Waals surface area contributed by atoms with Crippen molar-refractivity contribution in [2.45, 2.75) is 12.1 Å². The normalized spacial score (nSPS) is 26.5. The van der Waals surface area contributed by atoms with Gasteiger partial charge in [-0.05, 0) is 28.7 Å². The van der Waals surface area contributed by atoms with E-state index in [1.54, 1.807) is 0 Å². The minimum atomic E-state index is -0.678. The van der Waals surface area contributed by atoms with Crippen LogP contribution in [0.2, 0.25) is 0 Å². The Bertz CT molecular complexity index is 1300. The Hall–Kier alpha value is -3.91. The first kappa shape index (κ1) is 17.0. The molecule has 0 aliphatic carbocycles. The minimum Gasteiger partial charge on any atom is -0.353 e. The molecule has 0 N–H and O–H groups in total. The van der Waals surface area contributed by atoms with E-state index >= 15 is 0 Å². The predicted octanol–water partition coefficient (Wildman–Crippen LogP) is 3.88. The highest BCUT2D eigenvalue weighted by molar-refractivity contribution is 6.25. The average molecular weight is 391 g/mol. The van der Waals surface area contributed by atoms with Crippen molar-refractivity contribution in [3.63, 3.8) is 0 Å². The summed E-state index contributed by atoms with van der Waals surface area (Å²) in [6, 6.07) is 22.6. The van der Waals surface area contributed by atoms with Crippen molar-refractivity contribution in [1.29, 1.82) is 5.26 Å². The summed E-state index contributed by atoms with van der Waals surface area (Å²) in [5.74, 6) is -1.76. The molecule has 5 heteroatoms. The maximum absolute atomic E-state index is 13.7. The number of hydrogen-bond acceptors (Lipinski definition) is 4. The maximum Gasteiger partial charge on any atom is 0.240 e. The Labute approximate surface area is 173 Å². The van der Waals surface area contributed by atoms with Crippen LogP contribution in [0.5, 0.6) is 0 Å². The highest BCUT2D eigenvalue weighted by Gasteiger charge is 2.63. The van der Waals surface area contributed by atoms with Gasteiger partial charge in [0, 0.05) is 11.6 Å². The van der Waals surface area contributed by atoms with Gasteiger partial charge in [-0.2, -0.15) is 5.26 Å². The summed E-state index contributed by atoms with van der Waals surface area (Å²) in [7, 11) is 0. The molecule has 0 bridgehead atoms. The van der Waals surface area contributed by atoms with Gasteiger partial charge in [0.15, 0.2) is 0 Å². The lowest BCUT2D eigenvalue weighted by Crippen LogP contribution is -2.40. The summed E-state index contributed by atoms with van der Waals surface area (Å²) in [5, 5.41) is 11.8. The van der Waals surface area contributed by atoms with Gasteiger partial charge in [0.1, 0.15) is 6.04 Å². The number of amides is 2. The van der Waals surface area contributed by atoms with Gasteiger partial charge in [0.05, 0.1) is 29.6 Å². The number of nitrogens with zero attached hydrogens (tertiary/aromatic N) is 3. The van der Waals surface area contributed by atoms with Crippen LogP contribution in [-0.2, 0) is 9.59 Å². The molecule has 3 heterocycles. The molecule has 3 aliphatic rings. The van der Waals surface area contributed by atoms with Gasteiger partial charge < -0.3 is 4.90 Å². The predicted molar refractivity (Wildman–Crippen MR) is 113 cm³/mol. The molecule has 5 nitrogen and oxygen atoms in total. The van der Waals surface area contributed by atoms with Crippen LogP contribution in [0, 0.1) is 23.2 Å². The van der Waals surface area contributed by atoms with E-state index in [1.807, 2.05) is 83.9 Å². The fourth-order valence-electron chi connectivity index (χ4n) is 5.35. The Morgan fingerprint density at radius 2 is 1.57 bits per heavy atom. The van der Waals surface area contributed by atoms with E-state index in [1.165, 1.54) is 4.90 Å². The first-order chi connectivity index (χ1) is 14.7. The second-order valence-electron chi connectivity index (χ2n) is 7.97. The monoisotopic (exact) mass is 391 g/mol. The first-order valence-corrected chi connectivity index (χ1v) is 10.0. The minimum absolute atomic E-state index is 0.223. The lowest BCUT2D eigenvalue weighted by molar-refractivity contribution is -0.123. The zero-order valence-corrected chi connectivity index (χ0v) is 16.0. The fourth-order valence-corrected chi connectivity index (χ4v) is 5.35. The molecule has 0 radical (unpaired) electrons. The van der Waals surface area contributed by atoms with E-state index in [2.05, 4.69) is 6.07 Å². The molecule has 3 aliphatic heterocycles. The lowest BCUT2D eigenvalue weighted by Gasteiger charge is -2.33. The number of nitriles is 1. The largest absolute Gasteiger partial charge is 0.353 e. The molecule has 6 rings (SSSR count). The zero-order chi connectivity index (χ0) is 20.4. The van der Waals surface area contributed by atoms with E-state index in [4.69, 9.17) is 0 Å². The first-order valence-electron chi connectivity index (χ1n) is 10.0. The number of imide groups is 1. The quantitative estimate of drug-likeness (QED) is 0.591. The van der Waals surface area contributed by atoms with Gasteiger partial charge in [0.25, 0.3) is 0 Å². The number of carbonyl (C=O) groups is 2. The van der Waals surface area contributed by atoms with Crippen LogP contribution in [0.25, 0.3) is 16.8 Å². The van der Waals surface area contributed by atoms with Crippen molar-refractivity contribution in [1.82, 2.24) is 4.90 Å². The second kappa shape index (κ2) is 6.04. The van der Waals surface area contributed by atoms with E-state index in [9.17, 15) is 14.9 Å². The van der Waals surface area contributed by atoms with Crippen molar-refractivity contribution in [3.05, 3.63) is 84.1 Å². The van der Waals surface area contributed by atoms with Gasteiger partial charge in [-0.15, -0.1) is 0 Å². The van der Waals surface area contributed by atoms with Crippen molar-refractivity contribution in [2.24, 2.45) is 11.8 Å². The summed E-state index contributed by atoms with van der Waals surface area (Å²) in [6.45, 7) is 0. The van der Waals surface area contributed by atoms with Gasteiger partial charge in [-0.25, -0.2) is 4.90 Å². The molecule has 3 aromatic rings. The highest BCUT2D eigenvalue weighted by Crippen LogP contribution is 2.53. The molecule has 2 amide bonds. The molecule has 144 valence electrons. The summed E-state index contributed by atoms with van der Waals surface area (Å²) in [5.41, 5.74) is 2.62. The third-order valence-corrected chi connectivity index (χ3v) is 6.60.